The first-order valence-corrected chi connectivity index (χ1v) is 5.09. The lowest BCUT2D eigenvalue weighted by atomic mass is 10.2. The number of carbonyl (C=O) groups excluding carboxylic acids is 2. The van der Waals surface area contributed by atoms with Gasteiger partial charge in [0, 0.05) is 0 Å². The normalized spacial score (nSPS) is 24.5. The molecule has 2 atom stereocenters. The largest absolute Gasteiger partial charge is 0.480 e. The topological polar surface area (TPSA) is 93.1 Å². The number of aliphatic carboxylic acids is 1. The predicted molar refractivity (Wildman–Crippen MR) is 55.4 cm³/mol. The molecule has 0 aliphatic carbocycles. The number of nitrogens with zero attached hydrogens (tertiary/aromatic N) is 1. The maximum Gasteiger partial charge on any atom is 0.420 e. The van der Waals surface area contributed by atoms with Gasteiger partial charge in [-0.3, -0.25) is 0 Å². The van der Waals surface area contributed by atoms with E-state index in [9.17, 15) is 14.4 Å². The quantitative estimate of drug-likeness (QED) is 0.746. The standard InChI is InChI=1S/C10H15NO6/c1-5-6(7(12)13)11(8(14)16-5)9(15)17-10(2,3)4/h5-6H,1-4H3,(H,12,13). The molecule has 0 saturated carbocycles. The van der Waals surface area contributed by atoms with Crippen LogP contribution in [-0.4, -0.2) is 45.9 Å². The zero-order chi connectivity index (χ0) is 13.4. The fraction of sp³-hybridized carbons (Fsp3) is 0.700. The Bertz CT molecular complexity index is 358. The van der Waals surface area contributed by atoms with Gasteiger partial charge in [0.1, 0.15) is 11.7 Å². The summed E-state index contributed by atoms with van der Waals surface area (Å²) in [5.74, 6) is -1.31. The molecule has 0 aromatic heterocycles. The summed E-state index contributed by atoms with van der Waals surface area (Å²) in [5, 5.41) is 8.94. The van der Waals surface area contributed by atoms with Gasteiger partial charge < -0.3 is 14.6 Å². The predicted octanol–water partition coefficient (Wildman–Crippen LogP) is 1.22. The number of hydrogen-bond acceptors (Lipinski definition) is 5. The monoisotopic (exact) mass is 245 g/mol. The highest BCUT2D eigenvalue weighted by molar-refractivity contribution is 5.96. The fourth-order valence-electron chi connectivity index (χ4n) is 1.41. The zero-order valence-electron chi connectivity index (χ0n) is 10.1. The second-order valence-electron chi connectivity index (χ2n) is 4.72. The molecule has 1 aliphatic heterocycles. The van der Waals surface area contributed by atoms with Crippen LogP contribution in [0.5, 0.6) is 0 Å². The number of imide groups is 1. The van der Waals surface area contributed by atoms with Crippen molar-refractivity contribution < 1.29 is 29.0 Å². The molecular weight excluding hydrogens is 230 g/mol. The third-order valence-corrected chi connectivity index (χ3v) is 2.05. The van der Waals surface area contributed by atoms with E-state index in [1.165, 1.54) is 6.92 Å². The van der Waals surface area contributed by atoms with Gasteiger partial charge >= 0.3 is 18.2 Å². The van der Waals surface area contributed by atoms with E-state index in [-0.39, 0.29) is 0 Å². The number of carboxylic acid groups (broad SMARTS) is 1. The number of rotatable bonds is 1. The third-order valence-electron chi connectivity index (χ3n) is 2.05. The Morgan fingerprint density at radius 1 is 1.41 bits per heavy atom. The van der Waals surface area contributed by atoms with E-state index in [1.807, 2.05) is 0 Å². The smallest absolute Gasteiger partial charge is 0.420 e. The number of hydrogen-bond donors (Lipinski definition) is 1. The highest BCUT2D eigenvalue weighted by atomic mass is 16.6. The number of ether oxygens (including phenoxy) is 2. The van der Waals surface area contributed by atoms with Crippen LogP contribution in [0.3, 0.4) is 0 Å². The van der Waals surface area contributed by atoms with E-state index >= 15 is 0 Å². The Kier molecular flexibility index (Phi) is 3.30. The van der Waals surface area contributed by atoms with Gasteiger partial charge in [-0.15, -0.1) is 0 Å². The summed E-state index contributed by atoms with van der Waals surface area (Å²) < 4.78 is 9.63. The van der Waals surface area contributed by atoms with Gasteiger partial charge in [0.2, 0.25) is 0 Å². The SMILES string of the molecule is CC1OC(=O)N(C(=O)OC(C)(C)C)C1C(=O)O. The summed E-state index contributed by atoms with van der Waals surface area (Å²) in [5.41, 5.74) is -0.813. The van der Waals surface area contributed by atoms with Crippen molar-refractivity contribution in [1.82, 2.24) is 4.90 Å². The molecule has 0 bridgehead atoms. The number of carbonyl (C=O) groups is 3. The van der Waals surface area contributed by atoms with E-state index in [0.717, 1.165) is 0 Å². The highest BCUT2D eigenvalue weighted by Gasteiger charge is 2.49. The van der Waals surface area contributed by atoms with Crippen molar-refractivity contribution in [2.24, 2.45) is 0 Å². The average molecular weight is 245 g/mol. The molecule has 1 aliphatic rings. The minimum absolute atomic E-state index is 0.484. The van der Waals surface area contributed by atoms with Crippen molar-refractivity contribution in [2.45, 2.75) is 45.4 Å². The van der Waals surface area contributed by atoms with E-state index in [2.05, 4.69) is 4.74 Å². The van der Waals surface area contributed by atoms with Crippen LogP contribution in [0.2, 0.25) is 0 Å². The van der Waals surface area contributed by atoms with Gasteiger partial charge in [-0.25, -0.2) is 14.4 Å². The second-order valence-corrected chi connectivity index (χ2v) is 4.72. The lowest BCUT2D eigenvalue weighted by Gasteiger charge is -2.24. The Hall–Kier alpha value is -1.79. The minimum atomic E-state index is -1.35. The minimum Gasteiger partial charge on any atom is -0.480 e. The molecular formula is C10H15NO6. The van der Waals surface area contributed by atoms with E-state index in [0.29, 0.717) is 4.90 Å². The van der Waals surface area contributed by atoms with Gasteiger partial charge in [-0.1, -0.05) is 0 Å². The van der Waals surface area contributed by atoms with Gasteiger partial charge in [0.05, 0.1) is 0 Å². The van der Waals surface area contributed by atoms with Crippen LogP contribution in [0.15, 0.2) is 0 Å². The van der Waals surface area contributed by atoms with Gasteiger partial charge in [0.15, 0.2) is 6.04 Å². The van der Waals surface area contributed by atoms with Crippen molar-refractivity contribution >= 4 is 18.2 Å². The molecule has 1 rings (SSSR count). The van der Waals surface area contributed by atoms with Gasteiger partial charge in [0.25, 0.3) is 0 Å². The summed E-state index contributed by atoms with van der Waals surface area (Å²) in [7, 11) is 0. The molecule has 7 nitrogen and oxygen atoms in total. The summed E-state index contributed by atoms with van der Waals surface area (Å²) >= 11 is 0. The molecule has 0 aromatic carbocycles. The van der Waals surface area contributed by atoms with Crippen molar-refractivity contribution in [3.8, 4) is 0 Å². The first kappa shape index (κ1) is 13.3. The van der Waals surface area contributed by atoms with Crippen LogP contribution in [0.4, 0.5) is 9.59 Å². The van der Waals surface area contributed by atoms with Crippen molar-refractivity contribution in [3.63, 3.8) is 0 Å². The maximum atomic E-state index is 11.7. The lowest BCUT2D eigenvalue weighted by Crippen LogP contribution is -2.47. The van der Waals surface area contributed by atoms with E-state index in [1.54, 1.807) is 20.8 Å². The maximum absolute atomic E-state index is 11.7. The molecule has 0 radical (unpaired) electrons. The molecule has 96 valence electrons. The molecule has 0 aromatic rings. The Balaban J connectivity index is 2.90. The van der Waals surface area contributed by atoms with Crippen LogP contribution in [0, 0.1) is 0 Å². The second kappa shape index (κ2) is 4.23. The van der Waals surface area contributed by atoms with E-state index < -0.39 is 35.9 Å². The van der Waals surface area contributed by atoms with Crippen molar-refractivity contribution in [1.29, 1.82) is 0 Å². The van der Waals surface area contributed by atoms with Crippen LogP contribution < -0.4 is 0 Å². The number of cyclic esters (lactones) is 1. The molecule has 7 heteroatoms. The molecule has 2 unspecified atom stereocenters. The lowest BCUT2D eigenvalue weighted by molar-refractivity contribution is -0.142. The number of amides is 2. The van der Waals surface area contributed by atoms with Crippen LogP contribution in [0.25, 0.3) is 0 Å². The molecule has 0 spiro atoms. The first-order chi connectivity index (χ1) is 7.63. The van der Waals surface area contributed by atoms with Crippen LogP contribution in [0.1, 0.15) is 27.7 Å². The Labute approximate surface area is 98.3 Å². The number of carboxylic acids is 1. The van der Waals surface area contributed by atoms with Gasteiger partial charge in [-0.2, -0.15) is 4.90 Å². The molecule has 1 heterocycles. The molecule has 1 fully saturated rings. The van der Waals surface area contributed by atoms with Crippen LogP contribution >= 0.6 is 0 Å². The third kappa shape index (κ3) is 2.86. The zero-order valence-corrected chi connectivity index (χ0v) is 10.1. The summed E-state index contributed by atoms with van der Waals surface area (Å²) in [6, 6.07) is -1.35. The average Bonchev–Trinajstić information content (AvgIpc) is 2.37. The Morgan fingerprint density at radius 3 is 2.35 bits per heavy atom. The van der Waals surface area contributed by atoms with Crippen LogP contribution in [-0.2, 0) is 14.3 Å². The first-order valence-electron chi connectivity index (χ1n) is 5.09. The van der Waals surface area contributed by atoms with Gasteiger partial charge in [-0.05, 0) is 27.7 Å². The van der Waals surface area contributed by atoms with Crippen molar-refractivity contribution in [2.75, 3.05) is 0 Å². The molecule has 1 saturated heterocycles. The molecule has 17 heavy (non-hydrogen) atoms. The highest BCUT2D eigenvalue weighted by Crippen LogP contribution is 2.22. The van der Waals surface area contributed by atoms with E-state index in [4.69, 9.17) is 9.84 Å². The Morgan fingerprint density at radius 2 is 1.94 bits per heavy atom. The summed E-state index contributed by atoms with van der Waals surface area (Å²) in [6.07, 6.45) is -2.91. The summed E-state index contributed by atoms with van der Waals surface area (Å²) in [6.45, 7) is 6.25. The van der Waals surface area contributed by atoms with Crippen molar-refractivity contribution in [3.05, 3.63) is 0 Å². The molecule has 2 amide bonds. The molecule has 1 N–H and O–H groups in total. The summed E-state index contributed by atoms with van der Waals surface area (Å²) in [4.78, 5) is 34.5. The fourth-order valence-corrected chi connectivity index (χ4v) is 1.41.